The van der Waals surface area contributed by atoms with E-state index in [4.69, 9.17) is 28.4 Å². The summed E-state index contributed by atoms with van der Waals surface area (Å²) in [4.78, 5) is 12.0. The summed E-state index contributed by atoms with van der Waals surface area (Å²) in [5, 5.41) is 19.3. The third-order valence-electron chi connectivity index (χ3n) is 6.76. The van der Waals surface area contributed by atoms with Crippen LogP contribution in [0.1, 0.15) is 47.4 Å². The normalized spacial score (nSPS) is 19.1. The lowest BCUT2D eigenvalue weighted by molar-refractivity contribution is 0.0429. The van der Waals surface area contributed by atoms with Crippen molar-refractivity contribution in [1.82, 2.24) is 0 Å². The Kier molecular flexibility index (Phi) is 7.46. The van der Waals surface area contributed by atoms with Crippen LogP contribution >= 0.6 is 0 Å². The van der Waals surface area contributed by atoms with Crippen LogP contribution in [0.5, 0.6) is 28.7 Å². The van der Waals surface area contributed by atoms with Crippen molar-refractivity contribution in [3.63, 3.8) is 0 Å². The molecule has 5 rings (SSSR count). The number of carboxylic acid groups (broad SMARTS) is 1. The molecule has 2 aliphatic rings. The lowest BCUT2D eigenvalue weighted by Crippen LogP contribution is -2.27. The first-order valence-corrected chi connectivity index (χ1v) is 12.5. The molecule has 2 N–H and O–H groups in total. The SMILES string of the molecule is CCCOc1ccc2c(c1)[C@@H](c1ccc(OC)cc1OCCO)[C@H](OC(=O)O)[C@H]2c1ccc2c(c1)OCO2. The molecule has 38 heavy (non-hydrogen) atoms. The number of ether oxygens (including phenoxy) is 6. The van der Waals surface area contributed by atoms with E-state index in [0.29, 0.717) is 40.9 Å². The molecule has 3 aromatic carbocycles. The molecular formula is C29H30O9. The molecular weight excluding hydrogens is 492 g/mol. The molecule has 1 aliphatic heterocycles. The quantitative estimate of drug-likeness (QED) is 0.358. The monoisotopic (exact) mass is 522 g/mol. The molecule has 1 aliphatic carbocycles. The van der Waals surface area contributed by atoms with Crippen LogP contribution in [0.25, 0.3) is 0 Å². The van der Waals surface area contributed by atoms with Gasteiger partial charge in [-0.15, -0.1) is 0 Å². The second-order valence-electron chi connectivity index (χ2n) is 9.03. The van der Waals surface area contributed by atoms with Crippen molar-refractivity contribution in [1.29, 1.82) is 0 Å². The fourth-order valence-electron chi connectivity index (χ4n) is 5.21. The van der Waals surface area contributed by atoms with Gasteiger partial charge in [0.05, 0.1) is 26.2 Å². The lowest BCUT2D eigenvalue weighted by Gasteiger charge is -2.26. The standard InChI is InChI=1S/C29H30O9/c1-3-11-34-19-6-7-20-22(14-19)27(21-8-5-18(33-2)15-24(21)35-12-10-30)28(38-29(31)32)26(20)17-4-9-23-25(13-17)37-16-36-23/h4-9,13-15,26-28,30H,3,10-12,16H2,1-2H3,(H,31,32)/t26-,27+,28+/m0/s1. The molecule has 0 radical (unpaired) electrons. The summed E-state index contributed by atoms with van der Waals surface area (Å²) >= 11 is 0. The highest BCUT2D eigenvalue weighted by molar-refractivity contribution is 5.63. The number of carbonyl (C=O) groups is 1. The highest BCUT2D eigenvalue weighted by atomic mass is 16.7. The molecule has 3 atom stereocenters. The topological polar surface area (TPSA) is 113 Å². The minimum Gasteiger partial charge on any atom is -0.497 e. The van der Waals surface area contributed by atoms with E-state index >= 15 is 0 Å². The van der Waals surface area contributed by atoms with Gasteiger partial charge in [0.1, 0.15) is 30.0 Å². The molecule has 9 nitrogen and oxygen atoms in total. The first kappa shape index (κ1) is 25.5. The van der Waals surface area contributed by atoms with E-state index in [-0.39, 0.29) is 20.0 Å². The molecule has 0 amide bonds. The van der Waals surface area contributed by atoms with Crippen LogP contribution < -0.4 is 23.7 Å². The van der Waals surface area contributed by atoms with Crippen molar-refractivity contribution in [3.8, 4) is 28.7 Å². The second-order valence-corrected chi connectivity index (χ2v) is 9.03. The maximum Gasteiger partial charge on any atom is 0.506 e. The molecule has 3 aromatic rings. The summed E-state index contributed by atoms with van der Waals surface area (Å²) in [6.45, 7) is 2.60. The molecule has 0 unspecified atom stereocenters. The predicted octanol–water partition coefficient (Wildman–Crippen LogP) is 4.92. The van der Waals surface area contributed by atoms with Crippen molar-refractivity contribution >= 4 is 6.16 Å². The van der Waals surface area contributed by atoms with Crippen molar-refractivity contribution in [2.75, 3.05) is 33.7 Å². The molecule has 0 spiro atoms. The molecule has 200 valence electrons. The van der Waals surface area contributed by atoms with Crippen molar-refractivity contribution in [2.24, 2.45) is 0 Å². The first-order chi connectivity index (χ1) is 18.5. The molecule has 0 saturated carbocycles. The predicted molar refractivity (Wildman–Crippen MR) is 137 cm³/mol. The molecule has 0 saturated heterocycles. The van der Waals surface area contributed by atoms with E-state index in [2.05, 4.69) is 0 Å². The van der Waals surface area contributed by atoms with Gasteiger partial charge in [-0.1, -0.05) is 25.1 Å². The van der Waals surface area contributed by atoms with Gasteiger partial charge in [-0.3, -0.25) is 0 Å². The van der Waals surface area contributed by atoms with E-state index in [9.17, 15) is 15.0 Å². The lowest BCUT2D eigenvalue weighted by atomic mass is 9.86. The van der Waals surface area contributed by atoms with E-state index in [1.165, 1.54) is 0 Å². The summed E-state index contributed by atoms with van der Waals surface area (Å²) in [6, 6.07) is 16.8. The number of rotatable bonds is 10. The highest BCUT2D eigenvalue weighted by Crippen LogP contribution is 2.53. The summed E-state index contributed by atoms with van der Waals surface area (Å²) in [5.41, 5.74) is 3.32. The van der Waals surface area contributed by atoms with E-state index < -0.39 is 24.1 Å². The fraction of sp³-hybridized carbons (Fsp3) is 0.345. The number of hydrogen-bond donors (Lipinski definition) is 2. The summed E-state index contributed by atoms with van der Waals surface area (Å²) < 4.78 is 34.0. The van der Waals surface area contributed by atoms with Crippen molar-refractivity contribution in [2.45, 2.75) is 31.3 Å². The molecule has 0 bridgehead atoms. The number of aliphatic hydroxyl groups excluding tert-OH is 1. The summed E-state index contributed by atoms with van der Waals surface area (Å²) in [6.07, 6.45) is -1.36. The van der Waals surface area contributed by atoms with Crippen LogP contribution in [0.3, 0.4) is 0 Å². The Labute approximate surface area is 220 Å². The van der Waals surface area contributed by atoms with Crippen LogP contribution in [0.4, 0.5) is 4.79 Å². The van der Waals surface area contributed by atoms with Gasteiger partial charge < -0.3 is 38.6 Å². The van der Waals surface area contributed by atoms with Gasteiger partial charge in [0.2, 0.25) is 6.79 Å². The number of methoxy groups -OCH3 is 1. The van der Waals surface area contributed by atoms with Crippen LogP contribution in [0.15, 0.2) is 54.6 Å². The minimum absolute atomic E-state index is 0.0649. The van der Waals surface area contributed by atoms with Gasteiger partial charge >= 0.3 is 6.16 Å². The van der Waals surface area contributed by atoms with E-state index in [0.717, 1.165) is 23.1 Å². The highest BCUT2D eigenvalue weighted by Gasteiger charge is 2.46. The minimum atomic E-state index is -1.38. The number of hydrogen-bond acceptors (Lipinski definition) is 8. The number of fused-ring (bicyclic) bond motifs is 2. The third kappa shape index (κ3) is 4.89. The zero-order chi connectivity index (χ0) is 26.6. The third-order valence-corrected chi connectivity index (χ3v) is 6.76. The summed E-state index contributed by atoms with van der Waals surface area (Å²) in [5.74, 6) is 2.00. The van der Waals surface area contributed by atoms with E-state index in [1.807, 2.05) is 49.4 Å². The van der Waals surface area contributed by atoms with Gasteiger partial charge in [-0.2, -0.15) is 0 Å². The second kappa shape index (κ2) is 11.1. The van der Waals surface area contributed by atoms with Crippen molar-refractivity contribution in [3.05, 3.63) is 76.9 Å². The first-order valence-electron chi connectivity index (χ1n) is 12.5. The van der Waals surface area contributed by atoms with Crippen LogP contribution in [-0.2, 0) is 4.74 Å². The van der Waals surface area contributed by atoms with Gasteiger partial charge in [-0.25, -0.2) is 4.79 Å². The fourth-order valence-corrected chi connectivity index (χ4v) is 5.21. The summed E-state index contributed by atoms with van der Waals surface area (Å²) in [7, 11) is 1.55. The molecule has 1 heterocycles. The van der Waals surface area contributed by atoms with Gasteiger partial charge in [-0.05, 0) is 53.4 Å². The van der Waals surface area contributed by atoms with Crippen LogP contribution in [0, 0.1) is 0 Å². The van der Waals surface area contributed by atoms with Gasteiger partial charge in [0, 0.05) is 17.5 Å². The number of aliphatic hydroxyl groups is 1. The Morgan fingerprint density at radius 2 is 1.68 bits per heavy atom. The van der Waals surface area contributed by atoms with Crippen LogP contribution in [0.2, 0.25) is 0 Å². The Morgan fingerprint density at radius 1 is 0.895 bits per heavy atom. The van der Waals surface area contributed by atoms with Gasteiger partial charge in [0.15, 0.2) is 11.5 Å². The zero-order valence-electron chi connectivity index (χ0n) is 21.2. The number of benzene rings is 3. The molecule has 9 heteroatoms. The molecule has 0 aromatic heterocycles. The average Bonchev–Trinajstić information content (AvgIpc) is 3.51. The maximum absolute atomic E-state index is 12.0. The Hall–Kier alpha value is -4.11. The smallest absolute Gasteiger partial charge is 0.497 e. The molecule has 0 fully saturated rings. The van der Waals surface area contributed by atoms with E-state index in [1.54, 1.807) is 19.2 Å². The average molecular weight is 523 g/mol. The Balaban J connectivity index is 1.69. The Morgan fingerprint density at radius 3 is 2.45 bits per heavy atom. The van der Waals surface area contributed by atoms with Crippen LogP contribution in [-0.4, -0.2) is 56.2 Å². The largest absolute Gasteiger partial charge is 0.506 e. The Bertz CT molecular complexity index is 1310. The zero-order valence-corrected chi connectivity index (χ0v) is 21.2. The van der Waals surface area contributed by atoms with Gasteiger partial charge in [0.25, 0.3) is 0 Å². The maximum atomic E-state index is 12.0. The van der Waals surface area contributed by atoms with Crippen molar-refractivity contribution < 1.29 is 43.4 Å².